The monoisotopic (exact) mass is 327 g/mol. The minimum atomic E-state index is -3.72. The van der Waals surface area contributed by atoms with Gasteiger partial charge in [-0.3, -0.25) is 0 Å². The molecule has 0 atom stereocenters. The predicted octanol–water partition coefficient (Wildman–Crippen LogP) is 2.63. The Kier molecular flexibility index (Phi) is 5.10. The molecule has 1 N–H and O–H groups in total. The second kappa shape index (κ2) is 6.85. The zero-order chi connectivity index (χ0) is 16.2. The maximum atomic E-state index is 13.1. The van der Waals surface area contributed by atoms with E-state index in [0.29, 0.717) is 5.75 Å². The smallest absolute Gasteiger partial charge is 0.240 e. The Morgan fingerprint density at radius 1 is 1.09 bits per heavy atom. The summed E-state index contributed by atoms with van der Waals surface area (Å²) in [5.74, 6) is -0.392. The molecular formula is C15H15F2NO3S. The molecule has 0 unspecified atom stereocenters. The highest BCUT2D eigenvalue weighted by Crippen LogP contribution is 2.14. The van der Waals surface area contributed by atoms with Crippen molar-refractivity contribution in [1.82, 2.24) is 4.72 Å². The molecule has 2 aromatic carbocycles. The maximum absolute atomic E-state index is 13.1. The van der Waals surface area contributed by atoms with Gasteiger partial charge < -0.3 is 4.74 Å². The molecule has 0 bridgehead atoms. The van der Waals surface area contributed by atoms with Crippen LogP contribution in [0.15, 0.2) is 47.4 Å². The van der Waals surface area contributed by atoms with Crippen LogP contribution in [0.3, 0.4) is 0 Å². The molecule has 2 rings (SSSR count). The van der Waals surface area contributed by atoms with Crippen molar-refractivity contribution in [3.05, 3.63) is 59.7 Å². The summed E-state index contributed by atoms with van der Waals surface area (Å²) >= 11 is 0. The highest BCUT2D eigenvalue weighted by molar-refractivity contribution is 7.89. The van der Waals surface area contributed by atoms with Crippen molar-refractivity contribution in [3.8, 4) is 5.75 Å². The first kappa shape index (κ1) is 16.4. The summed E-state index contributed by atoms with van der Waals surface area (Å²) in [7, 11) is -3.72. The summed E-state index contributed by atoms with van der Waals surface area (Å²) in [5.41, 5.74) is 0.255. The van der Waals surface area contributed by atoms with E-state index in [9.17, 15) is 17.2 Å². The standard InChI is InChI=1S/C15H15F2NO3S/c1-11-10-14(6-7-15(11)17)22(19,20)18-8-9-21-13-4-2-12(16)3-5-13/h2-7,10,18H,8-9H2,1H3. The van der Waals surface area contributed by atoms with Crippen molar-refractivity contribution in [3.63, 3.8) is 0 Å². The Labute approximate surface area is 127 Å². The third-order valence-corrected chi connectivity index (χ3v) is 4.37. The van der Waals surface area contributed by atoms with E-state index in [1.165, 1.54) is 43.3 Å². The molecule has 0 aliphatic rings. The predicted molar refractivity (Wildman–Crippen MR) is 78.2 cm³/mol. The minimum absolute atomic E-state index is 0.00631. The molecule has 0 fully saturated rings. The van der Waals surface area contributed by atoms with E-state index in [0.717, 1.165) is 6.07 Å². The number of hydrogen-bond acceptors (Lipinski definition) is 3. The van der Waals surface area contributed by atoms with Gasteiger partial charge in [-0.15, -0.1) is 0 Å². The average Bonchev–Trinajstić information content (AvgIpc) is 2.48. The molecule has 4 nitrogen and oxygen atoms in total. The fraction of sp³-hybridized carbons (Fsp3) is 0.200. The van der Waals surface area contributed by atoms with E-state index in [1.807, 2.05) is 0 Å². The molecule has 0 saturated carbocycles. The minimum Gasteiger partial charge on any atom is -0.492 e. The molecule has 0 heterocycles. The summed E-state index contributed by atoms with van der Waals surface area (Å²) in [4.78, 5) is -0.00631. The zero-order valence-electron chi connectivity index (χ0n) is 11.8. The Hall–Kier alpha value is -1.99. The quantitative estimate of drug-likeness (QED) is 0.830. The number of hydrogen-bond donors (Lipinski definition) is 1. The van der Waals surface area contributed by atoms with Crippen LogP contribution in [0.4, 0.5) is 8.78 Å². The van der Waals surface area contributed by atoms with Crippen molar-refractivity contribution in [2.75, 3.05) is 13.2 Å². The van der Waals surface area contributed by atoms with Gasteiger partial charge in [-0.25, -0.2) is 21.9 Å². The van der Waals surface area contributed by atoms with E-state index in [1.54, 1.807) is 0 Å². The van der Waals surface area contributed by atoms with Gasteiger partial charge in [0.15, 0.2) is 0 Å². The molecule has 0 spiro atoms. The second-order valence-corrected chi connectivity index (χ2v) is 6.38. The molecule has 118 valence electrons. The van der Waals surface area contributed by atoms with E-state index in [-0.39, 0.29) is 29.4 Å². The van der Waals surface area contributed by atoms with Crippen LogP contribution in [0, 0.1) is 18.6 Å². The third-order valence-electron chi connectivity index (χ3n) is 2.92. The van der Waals surface area contributed by atoms with E-state index in [4.69, 9.17) is 4.74 Å². The van der Waals surface area contributed by atoms with E-state index >= 15 is 0 Å². The molecule has 0 amide bonds. The Morgan fingerprint density at radius 3 is 2.41 bits per heavy atom. The van der Waals surface area contributed by atoms with Gasteiger partial charge in [0.05, 0.1) is 4.90 Å². The third kappa shape index (κ3) is 4.25. The summed E-state index contributed by atoms with van der Waals surface area (Å²) in [6.07, 6.45) is 0. The topological polar surface area (TPSA) is 55.4 Å². The average molecular weight is 327 g/mol. The zero-order valence-corrected chi connectivity index (χ0v) is 12.7. The van der Waals surface area contributed by atoms with E-state index < -0.39 is 15.8 Å². The van der Waals surface area contributed by atoms with Gasteiger partial charge in [0.25, 0.3) is 0 Å². The highest BCUT2D eigenvalue weighted by Gasteiger charge is 2.14. The normalized spacial score (nSPS) is 11.4. The van der Waals surface area contributed by atoms with Crippen LogP contribution in [-0.4, -0.2) is 21.6 Å². The van der Waals surface area contributed by atoms with Gasteiger partial charge in [-0.2, -0.15) is 0 Å². The van der Waals surface area contributed by atoms with Crippen LogP contribution in [0.1, 0.15) is 5.56 Å². The number of halogens is 2. The Bertz CT molecular complexity index is 746. The van der Waals surface area contributed by atoms with Crippen molar-refractivity contribution < 1.29 is 21.9 Å². The molecule has 0 aliphatic heterocycles. The van der Waals surface area contributed by atoms with Crippen molar-refractivity contribution >= 4 is 10.0 Å². The van der Waals surface area contributed by atoms with Crippen molar-refractivity contribution in [2.24, 2.45) is 0 Å². The van der Waals surface area contributed by atoms with Crippen molar-refractivity contribution in [2.45, 2.75) is 11.8 Å². The first-order valence-electron chi connectivity index (χ1n) is 6.53. The lowest BCUT2D eigenvalue weighted by molar-refractivity contribution is 0.322. The van der Waals surface area contributed by atoms with Crippen LogP contribution >= 0.6 is 0 Å². The molecule has 0 aromatic heterocycles. The second-order valence-electron chi connectivity index (χ2n) is 4.61. The molecule has 0 saturated heterocycles. The lowest BCUT2D eigenvalue weighted by Crippen LogP contribution is -2.28. The van der Waals surface area contributed by atoms with Gasteiger partial charge in [-0.05, 0) is 55.0 Å². The van der Waals surface area contributed by atoms with Gasteiger partial charge in [-0.1, -0.05) is 0 Å². The number of aryl methyl sites for hydroxylation is 1. The summed E-state index contributed by atoms with van der Waals surface area (Å²) in [5, 5.41) is 0. The highest BCUT2D eigenvalue weighted by atomic mass is 32.2. The van der Waals surface area contributed by atoms with E-state index in [2.05, 4.69) is 4.72 Å². The lowest BCUT2D eigenvalue weighted by Gasteiger charge is -2.09. The van der Waals surface area contributed by atoms with Crippen LogP contribution in [0.25, 0.3) is 0 Å². The number of nitrogens with one attached hydrogen (secondary N) is 1. The molecule has 0 radical (unpaired) electrons. The summed E-state index contributed by atoms with van der Waals surface area (Å²) < 4.78 is 57.5. The van der Waals surface area contributed by atoms with Crippen LogP contribution < -0.4 is 9.46 Å². The molecular weight excluding hydrogens is 312 g/mol. The maximum Gasteiger partial charge on any atom is 0.240 e. The molecule has 22 heavy (non-hydrogen) atoms. The Balaban J connectivity index is 1.89. The summed E-state index contributed by atoms with van der Waals surface area (Å²) in [6, 6.07) is 8.98. The summed E-state index contributed by atoms with van der Waals surface area (Å²) in [6.45, 7) is 1.62. The molecule has 0 aliphatic carbocycles. The van der Waals surface area contributed by atoms with Crippen molar-refractivity contribution in [1.29, 1.82) is 0 Å². The molecule has 7 heteroatoms. The largest absolute Gasteiger partial charge is 0.492 e. The fourth-order valence-corrected chi connectivity index (χ4v) is 2.84. The van der Waals surface area contributed by atoms with Gasteiger partial charge >= 0.3 is 0 Å². The van der Waals surface area contributed by atoms with Crippen LogP contribution in [0.5, 0.6) is 5.75 Å². The Morgan fingerprint density at radius 2 is 1.77 bits per heavy atom. The lowest BCUT2D eigenvalue weighted by atomic mass is 10.2. The van der Waals surface area contributed by atoms with Gasteiger partial charge in [0.2, 0.25) is 10.0 Å². The molecule has 2 aromatic rings. The number of sulfonamides is 1. The number of benzene rings is 2. The number of ether oxygens (including phenoxy) is 1. The van der Waals surface area contributed by atoms with Crippen LogP contribution in [0.2, 0.25) is 0 Å². The first-order chi connectivity index (χ1) is 10.4. The first-order valence-corrected chi connectivity index (χ1v) is 8.01. The van der Waals surface area contributed by atoms with Gasteiger partial charge in [0, 0.05) is 6.54 Å². The van der Waals surface area contributed by atoms with Gasteiger partial charge in [0.1, 0.15) is 24.0 Å². The SMILES string of the molecule is Cc1cc(S(=O)(=O)NCCOc2ccc(F)cc2)ccc1F. The number of rotatable bonds is 6. The van der Waals surface area contributed by atoms with Crippen LogP contribution in [-0.2, 0) is 10.0 Å². The fourth-order valence-electron chi connectivity index (χ4n) is 1.74.